The number of hydrogen-bond acceptors (Lipinski definition) is 6. The van der Waals surface area contributed by atoms with Crippen molar-refractivity contribution in [2.24, 2.45) is 0 Å². The van der Waals surface area contributed by atoms with Crippen LogP contribution in [0.4, 0.5) is 10.6 Å². The van der Waals surface area contributed by atoms with Crippen LogP contribution in [0.2, 0.25) is 0 Å². The molecule has 0 bridgehead atoms. The third-order valence-electron chi connectivity index (χ3n) is 3.98. The number of pyridine rings is 1. The van der Waals surface area contributed by atoms with E-state index >= 15 is 0 Å². The lowest BCUT2D eigenvalue weighted by molar-refractivity contribution is 0.0950. The molecule has 0 unspecified atom stereocenters. The van der Waals surface area contributed by atoms with Gasteiger partial charge in [0.15, 0.2) is 0 Å². The third kappa shape index (κ3) is 5.60. The summed E-state index contributed by atoms with van der Waals surface area (Å²) in [6.07, 6.45) is 1.37. The average Bonchev–Trinajstić information content (AvgIpc) is 2.62. The number of anilines is 1. The normalized spacial score (nSPS) is 14.6. The maximum atomic E-state index is 12.2. The first-order chi connectivity index (χ1) is 12.0. The van der Waals surface area contributed by atoms with Crippen LogP contribution in [-0.4, -0.2) is 86.8 Å². The van der Waals surface area contributed by atoms with Crippen LogP contribution in [0.1, 0.15) is 17.3 Å². The first-order valence-electron chi connectivity index (χ1n) is 8.57. The molecule has 0 aromatic carbocycles. The Morgan fingerprint density at radius 3 is 2.64 bits per heavy atom. The van der Waals surface area contributed by atoms with Crippen LogP contribution in [0.3, 0.4) is 0 Å². The quantitative estimate of drug-likeness (QED) is 0.813. The Morgan fingerprint density at radius 2 is 2.00 bits per heavy atom. The van der Waals surface area contributed by atoms with Gasteiger partial charge in [0.2, 0.25) is 0 Å². The maximum Gasteiger partial charge on any atom is 0.409 e. The predicted molar refractivity (Wildman–Crippen MR) is 95.9 cm³/mol. The summed E-state index contributed by atoms with van der Waals surface area (Å²) in [5.41, 5.74) is 0.594. The van der Waals surface area contributed by atoms with E-state index in [9.17, 15) is 9.59 Å². The Kier molecular flexibility index (Phi) is 7.00. The van der Waals surface area contributed by atoms with Crippen LogP contribution < -0.4 is 10.2 Å². The number of carbonyl (C=O) groups excluding carboxylic acids is 2. The van der Waals surface area contributed by atoms with Gasteiger partial charge >= 0.3 is 6.09 Å². The number of nitrogens with one attached hydrogen (secondary N) is 1. The Morgan fingerprint density at radius 1 is 1.28 bits per heavy atom. The number of ether oxygens (including phenoxy) is 1. The Hall–Kier alpha value is -2.35. The van der Waals surface area contributed by atoms with Crippen molar-refractivity contribution in [3.63, 3.8) is 0 Å². The van der Waals surface area contributed by atoms with Crippen molar-refractivity contribution in [3.8, 4) is 0 Å². The van der Waals surface area contributed by atoms with Gasteiger partial charge in [-0.2, -0.15) is 0 Å². The predicted octanol–water partition coefficient (Wildman–Crippen LogP) is 0.652. The molecule has 2 rings (SSSR count). The summed E-state index contributed by atoms with van der Waals surface area (Å²) < 4.78 is 5.02. The van der Waals surface area contributed by atoms with Crippen LogP contribution in [0.15, 0.2) is 18.3 Å². The van der Waals surface area contributed by atoms with Crippen LogP contribution in [0.25, 0.3) is 0 Å². The zero-order chi connectivity index (χ0) is 18.2. The van der Waals surface area contributed by atoms with Crippen LogP contribution in [-0.2, 0) is 4.74 Å². The van der Waals surface area contributed by atoms with Crippen molar-refractivity contribution in [1.82, 2.24) is 20.1 Å². The van der Waals surface area contributed by atoms with Gasteiger partial charge in [0.05, 0.1) is 6.61 Å². The molecular formula is C17H27N5O3. The van der Waals surface area contributed by atoms with Gasteiger partial charge in [-0.15, -0.1) is 0 Å². The van der Waals surface area contributed by atoms with E-state index in [1.807, 2.05) is 19.0 Å². The van der Waals surface area contributed by atoms with Crippen molar-refractivity contribution in [1.29, 1.82) is 0 Å². The number of amides is 2. The van der Waals surface area contributed by atoms with Crippen molar-refractivity contribution >= 4 is 17.8 Å². The van der Waals surface area contributed by atoms with Crippen LogP contribution >= 0.6 is 0 Å². The second-order valence-electron chi connectivity index (χ2n) is 6.13. The number of rotatable bonds is 6. The van der Waals surface area contributed by atoms with Crippen molar-refractivity contribution in [3.05, 3.63) is 23.9 Å². The fourth-order valence-corrected chi connectivity index (χ4v) is 2.56. The maximum absolute atomic E-state index is 12.2. The minimum atomic E-state index is -0.274. The second kappa shape index (κ2) is 9.22. The van der Waals surface area contributed by atoms with Gasteiger partial charge in [0.1, 0.15) is 5.82 Å². The molecule has 1 aliphatic rings. The summed E-state index contributed by atoms with van der Waals surface area (Å²) in [5.74, 6) is 0.652. The summed E-state index contributed by atoms with van der Waals surface area (Å²) in [4.78, 5) is 34.1. The van der Waals surface area contributed by atoms with E-state index in [2.05, 4.69) is 15.2 Å². The van der Waals surface area contributed by atoms with E-state index in [1.54, 1.807) is 30.2 Å². The smallest absolute Gasteiger partial charge is 0.409 e. The molecule has 8 nitrogen and oxygen atoms in total. The SMILES string of the molecule is CCOC(=O)N1CCN(c2cc(C(=O)NCCN(C)C)ccn2)CC1. The van der Waals surface area contributed by atoms with Crippen LogP contribution in [0.5, 0.6) is 0 Å². The molecule has 0 radical (unpaired) electrons. The summed E-state index contributed by atoms with van der Waals surface area (Å²) in [6.45, 7) is 6.06. The minimum Gasteiger partial charge on any atom is -0.450 e. The van der Waals surface area contributed by atoms with E-state index in [4.69, 9.17) is 4.74 Å². The molecule has 1 saturated heterocycles. The Labute approximate surface area is 148 Å². The third-order valence-corrected chi connectivity index (χ3v) is 3.98. The van der Waals surface area contributed by atoms with Gasteiger partial charge in [-0.3, -0.25) is 4.79 Å². The summed E-state index contributed by atoms with van der Waals surface area (Å²) in [7, 11) is 3.93. The minimum absolute atomic E-state index is 0.101. The number of piperazine rings is 1. The molecule has 1 aliphatic heterocycles. The van der Waals surface area contributed by atoms with Gasteiger partial charge in [-0.1, -0.05) is 0 Å². The summed E-state index contributed by atoms with van der Waals surface area (Å²) >= 11 is 0. The van der Waals surface area contributed by atoms with Gasteiger partial charge in [0.25, 0.3) is 5.91 Å². The largest absolute Gasteiger partial charge is 0.450 e. The van der Waals surface area contributed by atoms with Crippen molar-refractivity contribution < 1.29 is 14.3 Å². The fraction of sp³-hybridized carbons (Fsp3) is 0.588. The standard InChI is InChI=1S/C17H27N5O3/c1-4-25-17(24)22-11-9-21(10-12-22)15-13-14(5-6-18-15)16(23)19-7-8-20(2)3/h5-6,13H,4,7-12H2,1-3H3,(H,19,23). The number of nitrogens with zero attached hydrogens (tertiary/aromatic N) is 4. The van der Waals surface area contributed by atoms with E-state index in [-0.39, 0.29) is 12.0 Å². The lowest BCUT2D eigenvalue weighted by Crippen LogP contribution is -2.49. The first kappa shape index (κ1) is 19.0. The molecule has 1 aromatic heterocycles. The lowest BCUT2D eigenvalue weighted by Gasteiger charge is -2.34. The first-order valence-corrected chi connectivity index (χ1v) is 8.57. The summed E-state index contributed by atoms with van der Waals surface area (Å²) in [6, 6.07) is 3.51. The van der Waals surface area contributed by atoms with E-state index in [0.29, 0.717) is 44.9 Å². The fourth-order valence-electron chi connectivity index (χ4n) is 2.56. The number of aromatic nitrogens is 1. The molecule has 2 amide bonds. The molecule has 0 spiro atoms. The van der Waals surface area contributed by atoms with Gasteiger partial charge < -0.3 is 24.8 Å². The van der Waals surface area contributed by atoms with Gasteiger partial charge in [0, 0.05) is 51.0 Å². The molecular weight excluding hydrogens is 322 g/mol. The molecule has 0 atom stereocenters. The summed E-state index contributed by atoms with van der Waals surface area (Å²) in [5, 5.41) is 2.90. The van der Waals surface area contributed by atoms with Gasteiger partial charge in [-0.05, 0) is 33.2 Å². The zero-order valence-corrected chi connectivity index (χ0v) is 15.2. The van der Waals surface area contributed by atoms with Crippen LogP contribution in [0, 0.1) is 0 Å². The highest BCUT2D eigenvalue weighted by molar-refractivity contribution is 5.94. The van der Waals surface area contributed by atoms with E-state index in [0.717, 1.165) is 12.4 Å². The highest BCUT2D eigenvalue weighted by Crippen LogP contribution is 2.15. The van der Waals surface area contributed by atoms with E-state index < -0.39 is 0 Å². The number of hydrogen-bond donors (Lipinski definition) is 1. The van der Waals surface area contributed by atoms with Crippen molar-refractivity contribution in [2.45, 2.75) is 6.92 Å². The molecule has 25 heavy (non-hydrogen) atoms. The molecule has 2 heterocycles. The molecule has 0 saturated carbocycles. The topological polar surface area (TPSA) is 78.0 Å². The average molecular weight is 349 g/mol. The van der Waals surface area contributed by atoms with Gasteiger partial charge in [-0.25, -0.2) is 9.78 Å². The molecule has 138 valence electrons. The Bertz CT molecular complexity index is 585. The second-order valence-corrected chi connectivity index (χ2v) is 6.13. The highest BCUT2D eigenvalue weighted by Gasteiger charge is 2.23. The molecule has 8 heteroatoms. The van der Waals surface area contributed by atoms with Crippen molar-refractivity contribution in [2.75, 3.05) is 64.9 Å². The molecule has 1 fully saturated rings. The van der Waals surface area contributed by atoms with E-state index in [1.165, 1.54) is 0 Å². The molecule has 1 N–H and O–H groups in total. The number of carbonyl (C=O) groups is 2. The Balaban J connectivity index is 1.91. The molecule has 0 aliphatic carbocycles. The number of likely N-dealkylation sites (N-methyl/N-ethyl adjacent to an activating group) is 1. The lowest BCUT2D eigenvalue weighted by atomic mass is 10.2. The highest BCUT2D eigenvalue weighted by atomic mass is 16.6. The molecule has 1 aromatic rings. The zero-order valence-electron chi connectivity index (χ0n) is 15.2. The monoisotopic (exact) mass is 349 g/mol.